The first-order valence-corrected chi connectivity index (χ1v) is 8.29. The number of carbonyl (C=O) groups is 1. The van der Waals surface area contributed by atoms with Gasteiger partial charge in [-0.3, -0.25) is 4.79 Å². The first-order valence-electron chi connectivity index (χ1n) is 6.68. The van der Waals surface area contributed by atoms with Gasteiger partial charge in [-0.05, 0) is 37.1 Å². The summed E-state index contributed by atoms with van der Waals surface area (Å²) in [6.07, 6.45) is 2.17. The number of benzene rings is 1. The van der Waals surface area contributed by atoms with Crippen LogP contribution in [0.15, 0.2) is 24.3 Å². The highest BCUT2D eigenvalue weighted by molar-refractivity contribution is 7.90. The number of nitrogens with two attached hydrogens (primary N) is 1. The summed E-state index contributed by atoms with van der Waals surface area (Å²) >= 11 is 0. The zero-order chi connectivity index (χ0) is 15.2. The highest BCUT2D eigenvalue weighted by Crippen LogP contribution is 2.16. The van der Waals surface area contributed by atoms with Crippen molar-refractivity contribution in [2.75, 3.05) is 6.61 Å². The molecular weight excluding hydrogens is 278 g/mol. The van der Waals surface area contributed by atoms with Crippen molar-refractivity contribution in [3.63, 3.8) is 0 Å². The van der Waals surface area contributed by atoms with Crippen LogP contribution < -0.4 is 9.88 Å². The summed E-state index contributed by atoms with van der Waals surface area (Å²) in [4.78, 5) is 12.1. The molecule has 112 valence electrons. The number of ketones is 1. The minimum Gasteiger partial charge on any atom is -0.494 e. The van der Waals surface area contributed by atoms with Crippen LogP contribution in [0.25, 0.3) is 0 Å². The molecule has 5 nitrogen and oxygen atoms in total. The molecule has 0 aliphatic carbocycles. The minimum atomic E-state index is -3.87. The Labute approximate surface area is 120 Å². The average Bonchev–Trinajstić information content (AvgIpc) is 2.39. The van der Waals surface area contributed by atoms with Crippen molar-refractivity contribution in [1.29, 1.82) is 0 Å². The van der Waals surface area contributed by atoms with E-state index in [2.05, 4.69) is 6.92 Å². The number of hydrogen-bond donors (Lipinski definition) is 1. The average molecular weight is 299 g/mol. The van der Waals surface area contributed by atoms with Crippen LogP contribution in [-0.2, 0) is 10.0 Å². The van der Waals surface area contributed by atoms with Crippen LogP contribution >= 0.6 is 0 Å². The van der Waals surface area contributed by atoms with E-state index in [4.69, 9.17) is 9.88 Å². The van der Waals surface area contributed by atoms with E-state index in [1.165, 1.54) is 0 Å². The number of sulfonamides is 1. The molecule has 1 aromatic carbocycles. The molecule has 1 aromatic rings. The van der Waals surface area contributed by atoms with E-state index in [0.29, 0.717) is 17.9 Å². The lowest BCUT2D eigenvalue weighted by atomic mass is 10.1. The highest BCUT2D eigenvalue weighted by Gasteiger charge is 2.28. The monoisotopic (exact) mass is 299 g/mol. The van der Waals surface area contributed by atoms with Gasteiger partial charge in [0.2, 0.25) is 10.0 Å². The topological polar surface area (TPSA) is 86.5 Å². The molecule has 2 N–H and O–H groups in total. The molecule has 0 fully saturated rings. The Bertz CT molecular complexity index is 537. The van der Waals surface area contributed by atoms with Gasteiger partial charge in [-0.1, -0.05) is 20.3 Å². The fraction of sp³-hybridized carbons (Fsp3) is 0.500. The molecule has 0 aromatic heterocycles. The van der Waals surface area contributed by atoms with Gasteiger partial charge in [0.05, 0.1) is 6.61 Å². The lowest BCUT2D eigenvalue weighted by Gasteiger charge is -2.12. The van der Waals surface area contributed by atoms with Gasteiger partial charge in [0, 0.05) is 5.56 Å². The molecule has 1 atom stereocenters. The molecule has 0 radical (unpaired) electrons. The maximum Gasteiger partial charge on any atom is 0.219 e. The summed E-state index contributed by atoms with van der Waals surface area (Å²) in [6.45, 7) is 4.32. The molecule has 0 heterocycles. The second-order valence-electron chi connectivity index (χ2n) is 4.58. The van der Waals surface area contributed by atoms with Crippen molar-refractivity contribution in [1.82, 2.24) is 0 Å². The van der Waals surface area contributed by atoms with E-state index < -0.39 is 21.1 Å². The first-order chi connectivity index (χ1) is 9.40. The van der Waals surface area contributed by atoms with E-state index in [-0.39, 0.29) is 6.42 Å². The van der Waals surface area contributed by atoms with Gasteiger partial charge in [0.1, 0.15) is 11.0 Å². The van der Waals surface area contributed by atoms with Crippen molar-refractivity contribution in [3.05, 3.63) is 29.8 Å². The molecule has 20 heavy (non-hydrogen) atoms. The van der Waals surface area contributed by atoms with E-state index in [1.54, 1.807) is 31.2 Å². The van der Waals surface area contributed by atoms with Gasteiger partial charge in [0.25, 0.3) is 0 Å². The number of primary sulfonamides is 1. The lowest BCUT2D eigenvalue weighted by Crippen LogP contribution is -2.35. The van der Waals surface area contributed by atoms with E-state index in [0.717, 1.165) is 12.8 Å². The van der Waals surface area contributed by atoms with Gasteiger partial charge >= 0.3 is 0 Å². The molecular formula is C14H21NO4S. The maximum atomic E-state index is 12.1. The third kappa shape index (κ3) is 4.61. The molecule has 1 rings (SSSR count). The number of unbranched alkanes of at least 4 members (excludes halogenated alkanes) is 1. The van der Waals surface area contributed by atoms with Gasteiger partial charge in [-0.25, -0.2) is 13.6 Å². The summed E-state index contributed by atoms with van der Waals surface area (Å²) < 4.78 is 28.2. The standard InChI is InChI=1S/C14H21NO4S/c1-3-5-10-19-12-8-6-11(7-9-12)14(16)13(4-2)20(15,17)18/h6-9,13H,3-5,10H2,1-2H3,(H2,15,17,18). The molecule has 0 saturated carbocycles. The minimum absolute atomic E-state index is 0.159. The van der Waals surface area contributed by atoms with Crippen LogP contribution in [0.4, 0.5) is 0 Å². The van der Waals surface area contributed by atoms with Crippen molar-refractivity contribution < 1.29 is 17.9 Å². The van der Waals surface area contributed by atoms with E-state index in [9.17, 15) is 13.2 Å². The number of rotatable bonds is 8. The number of hydrogen-bond acceptors (Lipinski definition) is 4. The van der Waals surface area contributed by atoms with Crippen molar-refractivity contribution >= 4 is 15.8 Å². The Morgan fingerprint density at radius 1 is 1.25 bits per heavy atom. The van der Waals surface area contributed by atoms with Crippen molar-refractivity contribution in [3.8, 4) is 5.75 Å². The summed E-state index contributed by atoms with van der Waals surface area (Å²) in [5, 5.41) is 3.88. The van der Waals surface area contributed by atoms with Crippen LogP contribution in [0.5, 0.6) is 5.75 Å². The van der Waals surface area contributed by atoms with E-state index >= 15 is 0 Å². The SMILES string of the molecule is CCCCOc1ccc(C(=O)C(CC)S(N)(=O)=O)cc1. The summed E-state index contributed by atoms with van der Waals surface area (Å²) in [6, 6.07) is 6.46. The van der Waals surface area contributed by atoms with Crippen molar-refractivity contribution in [2.45, 2.75) is 38.4 Å². The zero-order valence-electron chi connectivity index (χ0n) is 11.8. The summed E-state index contributed by atoms with van der Waals surface area (Å²) in [7, 11) is -3.87. The number of carbonyl (C=O) groups excluding carboxylic acids is 1. The molecule has 0 amide bonds. The Kier molecular flexibility index (Phi) is 6.16. The van der Waals surface area contributed by atoms with Gasteiger partial charge in [-0.15, -0.1) is 0 Å². The van der Waals surface area contributed by atoms with Crippen LogP contribution in [0.1, 0.15) is 43.5 Å². The Morgan fingerprint density at radius 2 is 1.85 bits per heavy atom. The smallest absolute Gasteiger partial charge is 0.219 e. The van der Waals surface area contributed by atoms with E-state index in [1.807, 2.05) is 0 Å². The fourth-order valence-electron chi connectivity index (χ4n) is 1.80. The summed E-state index contributed by atoms with van der Waals surface area (Å²) in [5.41, 5.74) is 0.328. The predicted octanol–water partition coefficient (Wildman–Crippen LogP) is 2.12. The Morgan fingerprint density at radius 3 is 2.30 bits per heavy atom. The lowest BCUT2D eigenvalue weighted by molar-refractivity contribution is 0.0985. The molecule has 1 unspecified atom stereocenters. The second kappa shape index (κ2) is 7.40. The zero-order valence-corrected chi connectivity index (χ0v) is 12.7. The summed E-state index contributed by atoms with van der Waals surface area (Å²) in [5.74, 6) is 0.189. The predicted molar refractivity (Wildman–Crippen MR) is 78.4 cm³/mol. The maximum absolute atomic E-state index is 12.1. The quantitative estimate of drug-likeness (QED) is 0.588. The van der Waals surface area contributed by atoms with Crippen LogP contribution in [0, 0.1) is 0 Å². The molecule has 0 aliphatic rings. The highest BCUT2D eigenvalue weighted by atomic mass is 32.2. The van der Waals surface area contributed by atoms with Crippen molar-refractivity contribution in [2.24, 2.45) is 5.14 Å². The van der Waals surface area contributed by atoms with Gasteiger partial charge in [0.15, 0.2) is 5.78 Å². The number of ether oxygens (including phenoxy) is 1. The molecule has 6 heteroatoms. The third-order valence-electron chi connectivity index (χ3n) is 2.97. The van der Waals surface area contributed by atoms with Crippen LogP contribution in [0.2, 0.25) is 0 Å². The van der Waals surface area contributed by atoms with Crippen LogP contribution in [-0.4, -0.2) is 26.1 Å². The largest absolute Gasteiger partial charge is 0.494 e. The second-order valence-corrected chi connectivity index (χ2v) is 6.32. The van der Waals surface area contributed by atoms with Gasteiger partial charge in [-0.2, -0.15) is 0 Å². The fourth-order valence-corrected chi connectivity index (χ4v) is 2.70. The number of Topliss-reactive ketones (excluding diaryl/α,β-unsaturated/α-hetero) is 1. The van der Waals surface area contributed by atoms with Crippen LogP contribution in [0.3, 0.4) is 0 Å². The molecule has 0 bridgehead atoms. The molecule has 0 aliphatic heterocycles. The normalized spacial score (nSPS) is 12.9. The molecule has 0 spiro atoms. The first kappa shape index (κ1) is 16.7. The van der Waals surface area contributed by atoms with Gasteiger partial charge < -0.3 is 4.74 Å². The Balaban J connectivity index is 2.80. The molecule has 0 saturated heterocycles. The third-order valence-corrected chi connectivity index (χ3v) is 4.31. The Hall–Kier alpha value is -1.40.